The van der Waals surface area contributed by atoms with Crippen molar-refractivity contribution < 1.29 is 4.79 Å². The van der Waals surface area contributed by atoms with Crippen LogP contribution in [-0.4, -0.2) is 37.0 Å². The summed E-state index contributed by atoms with van der Waals surface area (Å²) in [6, 6.07) is 6.29. The van der Waals surface area contributed by atoms with Gasteiger partial charge in [-0.2, -0.15) is 0 Å². The molecule has 23 heavy (non-hydrogen) atoms. The van der Waals surface area contributed by atoms with Gasteiger partial charge >= 0.3 is 0 Å². The minimum absolute atomic E-state index is 0.0188. The molecule has 4 nitrogen and oxygen atoms in total. The fourth-order valence-electron chi connectivity index (χ4n) is 4.45. The maximum Gasteiger partial charge on any atom is 0.242 e. The molecule has 2 fully saturated rings. The molecule has 0 spiro atoms. The van der Waals surface area contributed by atoms with E-state index in [4.69, 9.17) is 0 Å². The van der Waals surface area contributed by atoms with Crippen LogP contribution in [0.25, 0.3) is 0 Å². The molecule has 1 atom stereocenters. The van der Waals surface area contributed by atoms with Crippen LogP contribution in [0, 0.1) is 11.8 Å². The Balaban J connectivity index is 1.42. The molecule has 2 N–H and O–H groups in total. The van der Waals surface area contributed by atoms with Crippen molar-refractivity contribution in [1.29, 1.82) is 0 Å². The monoisotopic (exact) mass is 313 g/mol. The molecule has 2 heterocycles. The molecule has 0 aromatic heterocycles. The molecule has 1 saturated carbocycles. The maximum absolute atomic E-state index is 12.6. The average Bonchev–Trinajstić information content (AvgIpc) is 2.53. The number of carbonyl (C=O) groups is 1. The number of likely N-dealkylation sites (tertiary alicyclic amines) is 1. The highest BCUT2D eigenvalue weighted by Crippen LogP contribution is 2.39. The Bertz CT molecular complexity index is 588. The minimum atomic E-state index is 0.0188. The van der Waals surface area contributed by atoms with E-state index in [1.807, 2.05) is 13.1 Å². The quantitative estimate of drug-likeness (QED) is 0.901. The molecule has 1 amide bonds. The molecule has 3 aliphatic rings. The third kappa shape index (κ3) is 2.85. The van der Waals surface area contributed by atoms with Gasteiger partial charge in [0.25, 0.3) is 0 Å². The van der Waals surface area contributed by atoms with Crippen molar-refractivity contribution in [3.63, 3.8) is 0 Å². The summed E-state index contributed by atoms with van der Waals surface area (Å²) < 4.78 is 0. The predicted octanol–water partition coefficient (Wildman–Crippen LogP) is 3.10. The molecular formula is C19H27N3O. The highest BCUT2D eigenvalue weighted by atomic mass is 16.2. The van der Waals surface area contributed by atoms with Gasteiger partial charge in [0.1, 0.15) is 0 Å². The number of hydrogen-bond acceptors (Lipinski definition) is 3. The van der Waals surface area contributed by atoms with E-state index in [9.17, 15) is 4.79 Å². The highest BCUT2D eigenvalue weighted by Gasteiger charge is 2.36. The Morgan fingerprint density at radius 1 is 1.13 bits per heavy atom. The van der Waals surface area contributed by atoms with E-state index in [1.165, 1.54) is 37.7 Å². The zero-order valence-corrected chi connectivity index (χ0v) is 14.0. The normalized spacial score (nSPS) is 26.3. The van der Waals surface area contributed by atoms with Crippen molar-refractivity contribution >= 4 is 17.3 Å². The van der Waals surface area contributed by atoms with Gasteiger partial charge in [-0.15, -0.1) is 0 Å². The van der Waals surface area contributed by atoms with Crippen LogP contribution < -0.4 is 10.6 Å². The zero-order valence-electron chi connectivity index (χ0n) is 14.0. The van der Waals surface area contributed by atoms with Crippen molar-refractivity contribution in [2.45, 2.75) is 44.6 Å². The van der Waals surface area contributed by atoms with Gasteiger partial charge in [-0.3, -0.25) is 9.69 Å². The summed E-state index contributed by atoms with van der Waals surface area (Å²) in [5, 5.41) is 6.25. The number of fused-ring (bicyclic) bond motifs is 1. The van der Waals surface area contributed by atoms with Gasteiger partial charge in [-0.25, -0.2) is 0 Å². The van der Waals surface area contributed by atoms with Crippen LogP contribution in [0.15, 0.2) is 18.2 Å². The third-order valence-electron chi connectivity index (χ3n) is 6.20. The Morgan fingerprint density at radius 2 is 1.87 bits per heavy atom. The maximum atomic E-state index is 12.6. The van der Waals surface area contributed by atoms with Gasteiger partial charge in [-0.1, -0.05) is 25.3 Å². The number of rotatable bonds is 3. The fraction of sp³-hybridized carbons (Fsp3) is 0.632. The van der Waals surface area contributed by atoms with E-state index in [-0.39, 0.29) is 11.9 Å². The Hall–Kier alpha value is -1.55. The molecule has 1 aliphatic carbocycles. The van der Waals surface area contributed by atoms with E-state index in [2.05, 4.69) is 27.7 Å². The second-order valence-corrected chi connectivity index (χ2v) is 7.40. The molecule has 124 valence electrons. The van der Waals surface area contributed by atoms with E-state index in [1.54, 1.807) is 0 Å². The van der Waals surface area contributed by atoms with Crippen molar-refractivity contribution in [1.82, 2.24) is 4.90 Å². The summed E-state index contributed by atoms with van der Waals surface area (Å²) in [5.41, 5.74) is 3.28. The summed E-state index contributed by atoms with van der Waals surface area (Å²) in [6.07, 6.45) is 7.71. The van der Waals surface area contributed by atoms with Crippen LogP contribution in [-0.2, 0) is 11.2 Å². The first-order valence-electron chi connectivity index (χ1n) is 9.10. The van der Waals surface area contributed by atoms with Gasteiger partial charge in [0, 0.05) is 18.4 Å². The molecule has 1 saturated heterocycles. The molecular weight excluding hydrogens is 286 g/mol. The molecule has 0 bridgehead atoms. The largest absolute Gasteiger partial charge is 0.388 e. The molecule has 4 heteroatoms. The van der Waals surface area contributed by atoms with E-state index in [0.717, 1.165) is 42.7 Å². The zero-order chi connectivity index (χ0) is 15.8. The number of nitrogens with one attached hydrogen (secondary N) is 2. The lowest BCUT2D eigenvalue weighted by molar-refractivity contribution is -0.122. The Labute approximate surface area is 138 Å². The molecule has 4 rings (SSSR count). The highest BCUT2D eigenvalue weighted by molar-refractivity contribution is 5.98. The Morgan fingerprint density at radius 3 is 2.52 bits per heavy atom. The van der Waals surface area contributed by atoms with E-state index in [0.29, 0.717) is 0 Å². The summed E-state index contributed by atoms with van der Waals surface area (Å²) >= 11 is 0. The van der Waals surface area contributed by atoms with Crippen molar-refractivity contribution in [3.8, 4) is 0 Å². The van der Waals surface area contributed by atoms with Crippen LogP contribution in [0.3, 0.4) is 0 Å². The molecule has 0 radical (unpaired) electrons. The predicted molar refractivity (Wildman–Crippen MR) is 93.7 cm³/mol. The first-order valence-corrected chi connectivity index (χ1v) is 9.10. The summed E-state index contributed by atoms with van der Waals surface area (Å²) in [4.78, 5) is 15.0. The number of benzene rings is 1. The molecule has 1 unspecified atom stereocenters. The lowest BCUT2D eigenvalue weighted by Crippen LogP contribution is -2.51. The van der Waals surface area contributed by atoms with Crippen LogP contribution in [0.1, 0.15) is 37.7 Å². The Kier molecular flexibility index (Phi) is 4.02. The first-order chi connectivity index (χ1) is 11.2. The van der Waals surface area contributed by atoms with Crippen molar-refractivity contribution in [3.05, 3.63) is 23.8 Å². The number of carbonyl (C=O) groups excluding carboxylic acids is 1. The van der Waals surface area contributed by atoms with Crippen LogP contribution in [0.2, 0.25) is 0 Å². The second kappa shape index (κ2) is 6.16. The minimum Gasteiger partial charge on any atom is -0.388 e. The third-order valence-corrected chi connectivity index (χ3v) is 6.20. The van der Waals surface area contributed by atoms with Crippen molar-refractivity contribution in [2.24, 2.45) is 11.8 Å². The number of anilines is 2. The van der Waals surface area contributed by atoms with Crippen LogP contribution in [0.4, 0.5) is 11.4 Å². The second-order valence-electron chi connectivity index (χ2n) is 7.40. The number of piperidine rings is 1. The molecule has 2 aliphatic heterocycles. The average molecular weight is 313 g/mol. The van der Waals surface area contributed by atoms with E-state index < -0.39 is 0 Å². The number of nitrogens with zero attached hydrogens (tertiary/aromatic N) is 1. The SMILES string of the molecule is CNc1ccc2c(c1)NC(=O)C(N1CCC(C3CCC3)CC1)C2. The molecule has 1 aromatic rings. The van der Waals surface area contributed by atoms with Crippen LogP contribution >= 0.6 is 0 Å². The van der Waals surface area contributed by atoms with Gasteiger partial charge in [0.2, 0.25) is 5.91 Å². The van der Waals surface area contributed by atoms with Gasteiger partial charge in [-0.05, 0) is 61.9 Å². The van der Waals surface area contributed by atoms with Gasteiger partial charge in [0.15, 0.2) is 0 Å². The van der Waals surface area contributed by atoms with Gasteiger partial charge in [0.05, 0.1) is 6.04 Å². The lowest BCUT2D eigenvalue weighted by atomic mass is 9.72. The lowest BCUT2D eigenvalue weighted by Gasteiger charge is -2.43. The first kappa shape index (κ1) is 15.0. The molecule has 1 aromatic carbocycles. The summed E-state index contributed by atoms with van der Waals surface area (Å²) in [6.45, 7) is 2.17. The summed E-state index contributed by atoms with van der Waals surface area (Å²) in [5.74, 6) is 2.07. The van der Waals surface area contributed by atoms with Gasteiger partial charge < -0.3 is 10.6 Å². The summed E-state index contributed by atoms with van der Waals surface area (Å²) in [7, 11) is 1.90. The topological polar surface area (TPSA) is 44.4 Å². The number of amides is 1. The number of hydrogen-bond donors (Lipinski definition) is 2. The smallest absolute Gasteiger partial charge is 0.242 e. The van der Waals surface area contributed by atoms with E-state index >= 15 is 0 Å². The van der Waals surface area contributed by atoms with Crippen molar-refractivity contribution in [2.75, 3.05) is 30.8 Å². The van der Waals surface area contributed by atoms with Crippen LogP contribution in [0.5, 0.6) is 0 Å². The standard InChI is InChI=1S/C19H27N3O/c1-20-16-6-5-15-11-18(19(23)21-17(15)12-16)22-9-7-14(8-10-22)13-3-2-4-13/h5-6,12-14,18,20H,2-4,7-11H2,1H3,(H,21,23). The fourth-order valence-corrected chi connectivity index (χ4v) is 4.45.